The first-order valence-electron chi connectivity index (χ1n) is 10.3. The molecule has 172 valence electrons. The number of aliphatic hydroxyl groups excluding tert-OH is 1. The van der Waals surface area contributed by atoms with E-state index in [2.05, 4.69) is 0 Å². The van der Waals surface area contributed by atoms with Crippen LogP contribution in [0.5, 0.6) is 0 Å². The van der Waals surface area contributed by atoms with Gasteiger partial charge in [-0.3, -0.25) is 32.9 Å². The highest BCUT2D eigenvalue weighted by atomic mass is 32.1. The third-order valence-electron chi connectivity index (χ3n) is 5.68. The predicted octanol–water partition coefficient (Wildman–Crippen LogP) is 0.955. The Balaban J connectivity index is 1.79. The molecule has 1 amide bonds. The molecule has 0 radical (unpaired) electrons. The highest BCUT2D eigenvalue weighted by Gasteiger charge is 2.33. The molecule has 3 aromatic heterocycles. The Bertz CT molecular complexity index is 1590. The molecule has 1 atom stereocenters. The van der Waals surface area contributed by atoms with Crippen LogP contribution in [0.1, 0.15) is 22.2 Å². The summed E-state index contributed by atoms with van der Waals surface area (Å²) in [5.41, 5.74) is -0.258. The lowest BCUT2D eigenvalue weighted by atomic mass is 10.1. The second kappa shape index (κ2) is 8.06. The number of aliphatic hydroxyl groups is 1. The predicted molar refractivity (Wildman–Crippen MR) is 125 cm³/mol. The topological polar surface area (TPSA) is 116 Å². The molecule has 1 aliphatic rings. The number of fused-ring (bicyclic) bond motifs is 2. The van der Waals surface area contributed by atoms with Gasteiger partial charge >= 0.3 is 10.6 Å². The standard InChI is InChI=1S/C21H20N4O6S2/c1-3-23-19-16(17(27)22(2)20(23)29)15(18(28)25-8-11(26)10-31-25)14(32-19)9-24-12-6-4-5-7-13(12)33-21(24)30/h4-7,11,26H,3,8-10H2,1-2H3/t11-/m0/s1. The van der Waals surface area contributed by atoms with E-state index in [4.69, 9.17) is 4.84 Å². The number of carbonyl (C=O) groups excluding carboxylic acids is 1. The Kier molecular flexibility index (Phi) is 5.32. The quantitative estimate of drug-likeness (QED) is 0.457. The molecule has 4 aromatic rings. The van der Waals surface area contributed by atoms with E-state index < -0.39 is 23.3 Å². The SMILES string of the molecule is CCn1c(=O)n(C)c(=O)c2c(C(=O)N3C[C@H](O)CO3)c(Cn3c(=O)sc4ccccc43)sc21. The minimum absolute atomic E-state index is 0.0323. The van der Waals surface area contributed by atoms with Gasteiger partial charge in [-0.2, -0.15) is 0 Å². The third kappa shape index (κ3) is 3.37. The van der Waals surface area contributed by atoms with Crippen molar-refractivity contribution in [2.45, 2.75) is 26.1 Å². The van der Waals surface area contributed by atoms with Gasteiger partial charge < -0.3 is 5.11 Å². The summed E-state index contributed by atoms with van der Waals surface area (Å²) in [4.78, 5) is 58.1. The minimum Gasteiger partial charge on any atom is -0.389 e. The Morgan fingerprint density at radius 1 is 1.18 bits per heavy atom. The number of thiazole rings is 1. The molecule has 10 nitrogen and oxygen atoms in total. The summed E-state index contributed by atoms with van der Waals surface area (Å²) in [6, 6.07) is 7.34. The number of hydrogen-bond donors (Lipinski definition) is 1. The lowest BCUT2D eigenvalue weighted by molar-refractivity contribution is -0.0778. The van der Waals surface area contributed by atoms with Crippen LogP contribution in [0.25, 0.3) is 20.4 Å². The number of benzene rings is 1. The number of aromatic nitrogens is 3. The normalized spacial score (nSPS) is 16.3. The van der Waals surface area contributed by atoms with Gasteiger partial charge in [-0.1, -0.05) is 23.5 Å². The van der Waals surface area contributed by atoms with Gasteiger partial charge in [0.15, 0.2) is 0 Å². The van der Waals surface area contributed by atoms with E-state index in [-0.39, 0.29) is 35.5 Å². The maximum Gasteiger partial charge on any atom is 0.331 e. The van der Waals surface area contributed by atoms with Crippen molar-refractivity contribution in [2.75, 3.05) is 13.2 Å². The first-order valence-corrected chi connectivity index (χ1v) is 11.9. The summed E-state index contributed by atoms with van der Waals surface area (Å²) in [7, 11) is 1.37. The molecule has 12 heteroatoms. The van der Waals surface area contributed by atoms with E-state index in [1.165, 1.54) is 11.6 Å². The zero-order valence-corrected chi connectivity index (χ0v) is 19.4. The minimum atomic E-state index is -0.831. The van der Waals surface area contributed by atoms with Gasteiger partial charge in [-0.05, 0) is 19.1 Å². The van der Waals surface area contributed by atoms with E-state index in [9.17, 15) is 24.3 Å². The molecule has 1 fully saturated rings. The van der Waals surface area contributed by atoms with Gasteiger partial charge in [0.05, 0.1) is 34.3 Å². The number of hydrogen-bond acceptors (Lipinski definition) is 8. The molecule has 1 aliphatic heterocycles. The number of amides is 1. The first kappa shape index (κ1) is 21.8. The number of hydroxylamine groups is 2. The van der Waals surface area contributed by atoms with Crippen LogP contribution in [0.2, 0.25) is 0 Å². The summed E-state index contributed by atoms with van der Waals surface area (Å²) in [6.07, 6.45) is -0.831. The summed E-state index contributed by atoms with van der Waals surface area (Å²) in [6.45, 7) is 2.07. The molecule has 33 heavy (non-hydrogen) atoms. The Labute approximate surface area is 194 Å². The van der Waals surface area contributed by atoms with Crippen molar-refractivity contribution in [2.24, 2.45) is 7.05 Å². The number of para-hydroxylation sites is 1. The molecular formula is C21H20N4O6S2. The van der Waals surface area contributed by atoms with Gasteiger partial charge in [0.25, 0.3) is 11.5 Å². The van der Waals surface area contributed by atoms with Crippen LogP contribution in [0.15, 0.2) is 38.6 Å². The van der Waals surface area contributed by atoms with E-state index >= 15 is 0 Å². The Morgan fingerprint density at radius 3 is 2.64 bits per heavy atom. The fourth-order valence-electron chi connectivity index (χ4n) is 4.04. The van der Waals surface area contributed by atoms with Crippen LogP contribution < -0.4 is 16.1 Å². The van der Waals surface area contributed by atoms with Crippen molar-refractivity contribution in [3.63, 3.8) is 0 Å². The molecular weight excluding hydrogens is 468 g/mol. The molecule has 0 aliphatic carbocycles. The molecule has 0 unspecified atom stereocenters. The zero-order chi connectivity index (χ0) is 23.4. The number of carbonyl (C=O) groups is 1. The average Bonchev–Trinajstić information content (AvgIpc) is 3.48. The van der Waals surface area contributed by atoms with Gasteiger partial charge in [-0.15, -0.1) is 11.3 Å². The number of aryl methyl sites for hydroxylation is 1. The number of rotatable bonds is 4. The van der Waals surface area contributed by atoms with E-state index in [0.717, 1.165) is 42.5 Å². The molecule has 5 rings (SSSR count). The molecule has 1 saturated heterocycles. The van der Waals surface area contributed by atoms with Gasteiger partial charge in [0, 0.05) is 18.5 Å². The number of β-amino-alcohol motifs (C(OH)–C–C–N with tert-alkyl or cyclic N) is 1. The van der Waals surface area contributed by atoms with Crippen LogP contribution in [0.4, 0.5) is 0 Å². The van der Waals surface area contributed by atoms with Crippen molar-refractivity contribution < 1.29 is 14.7 Å². The monoisotopic (exact) mass is 488 g/mol. The molecule has 0 saturated carbocycles. The van der Waals surface area contributed by atoms with E-state index in [0.29, 0.717) is 16.3 Å². The molecule has 0 bridgehead atoms. The maximum atomic E-state index is 13.5. The van der Waals surface area contributed by atoms with Gasteiger partial charge in [-0.25, -0.2) is 9.86 Å². The molecule has 1 N–H and O–H groups in total. The van der Waals surface area contributed by atoms with Crippen molar-refractivity contribution in [3.05, 3.63) is 65.2 Å². The molecule has 1 aromatic carbocycles. The lowest BCUT2D eigenvalue weighted by Crippen LogP contribution is -2.38. The van der Waals surface area contributed by atoms with Crippen molar-refractivity contribution in [3.8, 4) is 0 Å². The summed E-state index contributed by atoms with van der Waals surface area (Å²) in [5.74, 6) is -0.584. The van der Waals surface area contributed by atoms with Crippen molar-refractivity contribution in [1.29, 1.82) is 0 Å². The lowest BCUT2D eigenvalue weighted by Gasteiger charge is -2.15. The highest BCUT2D eigenvalue weighted by molar-refractivity contribution is 7.19. The van der Waals surface area contributed by atoms with Gasteiger partial charge in [0.1, 0.15) is 17.5 Å². The van der Waals surface area contributed by atoms with Crippen LogP contribution >= 0.6 is 22.7 Å². The smallest absolute Gasteiger partial charge is 0.331 e. The second-order valence-electron chi connectivity index (χ2n) is 7.71. The number of thiophene rings is 1. The fourth-order valence-corrected chi connectivity index (χ4v) is 6.26. The Hall–Kier alpha value is -3.06. The summed E-state index contributed by atoms with van der Waals surface area (Å²) in [5, 5.41) is 11.0. The summed E-state index contributed by atoms with van der Waals surface area (Å²) >= 11 is 2.24. The van der Waals surface area contributed by atoms with Crippen molar-refractivity contribution >= 4 is 49.0 Å². The second-order valence-corrected chi connectivity index (χ2v) is 9.79. The summed E-state index contributed by atoms with van der Waals surface area (Å²) < 4.78 is 4.78. The zero-order valence-electron chi connectivity index (χ0n) is 17.8. The number of nitrogens with zero attached hydrogens (tertiary/aromatic N) is 4. The van der Waals surface area contributed by atoms with E-state index in [1.54, 1.807) is 11.5 Å². The van der Waals surface area contributed by atoms with E-state index in [1.807, 2.05) is 24.3 Å². The van der Waals surface area contributed by atoms with Crippen LogP contribution in [0, 0.1) is 0 Å². The highest BCUT2D eigenvalue weighted by Crippen LogP contribution is 2.32. The van der Waals surface area contributed by atoms with Gasteiger partial charge in [0.2, 0.25) is 0 Å². The largest absolute Gasteiger partial charge is 0.389 e. The molecule has 0 spiro atoms. The van der Waals surface area contributed by atoms with Crippen LogP contribution in [-0.2, 0) is 25.0 Å². The van der Waals surface area contributed by atoms with Crippen LogP contribution in [0.3, 0.4) is 0 Å². The fraction of sp³-hybridized carbons (Fsp3) is 0.333. The Morgan fingerprint density at radius 2 is 1.94 bits per heavy atom. The van der Waals surface area contributed by atoms with Crippen molar-refractivity contribution in [1.82, 2.24) is 18.8 Å². The average molecular weight is 489 g/mol. The molecule has 4 heterocycles. The van der Waals surface area contributed by atoms with Crippen LogP contribution in [-0.4, -0.2) is 49.0 Å². The first-order chi connectivity index (χ1) is 15.8. The third-order valence-corrected chi connectivity index (χ3v) is 7.83. The maximum absolute atomic E-state index is 13.5.